The molecule has 1 aromatic rings. The van der Waals surface area contributed by atoms with Gasteiger partial charge in [0.2, 0.25) is 0 Å². The third kappa shape index (κ3) is 1.82. The standard InChI is InChI=1S/C11H19N3/c1-9-7-10(14(2)13-9)8-11(12)5-3-4-6-11/h7H,3-6,8,12H2,1-2H3. The zero-order valence-electron chi connectivity index (χ0n) is 9.08. The topological polar surface area (TPSA) is 43.8 Å². The Morgan fingerprint density at radius 3 is 2.64 bits per heavy atom. The lowest BCUT2D eigenvalue weighted by Crippen LogP contribution is -2.39. The molecule has 78 valence electrons. The van der Waals surface area contributed by atoms with Crippen LogP contribution in [0.2, 0.25) is 0 Å². The summed E-state index contributed by atoms with van der Waals surface area (Å²) in [6.45, 7) is 2.03. The first kappa shape index (κ1) is 9.71. The first-order valence-electron chi connectivity index (χ1n) is 5.37. The van der Waals surface area contributed by atoms with Crippen molar-refractivity contribution in [3.05, 3.63) is 17.5 Å². The summed E-state index contributed by atoms with van der Waals surface area (Å²) in [6, 6.07) is 2.15. The van der Waals surface area contributed by atoms with E-state index in [1.54, 1.807) is 0 Å². The third-order valence-corrected chi connectivity index (χ3v) is 3.23. The molecule has 0 amide bonds. The highest BCUT2D eigenvalue weighted by atomic mass is 15.3. The molecule has 1 fully saturated rings. The smallest absolute Gasteiger partial charge is 0.0596 e. The predicted octanol–water partition coefficient (Wildman–Crippen LogP) is 1.54. The van der Waals surface area contributed by atoms with Gasteiger partial charge in [-0.1, -0.05) is 12.8 Å². The molecule has 3 heteroatoms. The molecule has 0 aromatic carbocycles. The van der Waals surface area contributed by atoms with E-state index in [1.807, 2.05) is 18.7 Å². The van der Waals surface area contributed by atoms with E-state index in [1.165, 1.54) is 18.5 Å². The van der Waals surface area contributed by atoms with Crippen LogP contribution in [0.5, 0.6) is 0 Å². The number of hydrogen-bond acceptors (Lipinski definition) is 2. The molecule has 1 aromatic heterocycles. The first-order chi connectivity index (χ1) is 6.59. The van der Waals surface area contributed by atoms with E-state index in [-0.39, 0.29) is 5.54 Å². The van der Waals surface area contributed by atoms with Crippen LogP contribution in [-0.4, -0.2) is 15.3 Å². The van der Waals surface area contributed by atoms with Crippen LogP contribution >= 0.6 is 0 Å². The lowest BCUT2D eigenvalue weighted by atomic mass is 9.93. The highest BCUT2D eigenvalue weighted by Crippen LogP contribution is 2.30. The van der Waals surface area contributed by atoms with Crippen molar-refractivity contribution in [1.82, 2.24) is 9.78 Å². The molecule has 3 nitrogen and oxygen atoms in total. The van der Waals surface area contributed by atoms with Gasteiger partial charge in [0, 0.05) is 24.7 Å². The number of hydrogen-bond donors (Lipinski definition) is 1. The number of rotatable bonds is 2. The molecule has 1 saturated carbocycles. The summed E-state index contributed by atoms with van der Waals surface area (Å²) in [4.78, 5) is 0. The molecule has 2 rings (SSSR count). The van der Waals surface area contributed by atoms with Crippen molar-refractivity contribution < 1.29 is 0 Å². The Labute approximate surface area is 85.3 Å². The van der Waals surface area contributed by atoms with Crippen molar-refractivity contribution in [1.29, 1.82) is 0 Å². The summed E-state index contributed by atoms with van der Waals surface area (Å²) in [5.74, 6) is 0. The van der Waals surface area contributed by atoms with E-state index in [2.05, 4.69) is 11.2 Å². The summed E-state index contributed by atoms with van der Waals surface area (Å²) in [6.07, 6.45) is 5.87. The van der Waals surface area contributed by atoms with Crippen LogP contribution in [0.25, 0.3) is 0 Å². The minimum atomic E-state index is 0.0419. The fourth-order valence-electron chi connectivity index (χ4n) is 2.45. The van der Waals surface area contributed by atoms with Gasteiger partial charge in [-0.15, -0.1) is 0 Å². The van der Waals surface area contributed by atoms with Gasteiger partial charge in [-0.2, -0.15) is 5.10 Å². The number of aromatic nitrogens is 2. The molecule has 0 saturated heterocycles. The van der Waals surface area contributed by atoms with Crippen LogP contribution in [0, 0.1) is 6.92 Å². The van der Waals surface area contributed by atoms with E-state index in [0.717, 1.165) is 25.0 Å². The molecule has 1 aliphatic rings. The van der Waals surface area contributed by atoms with Crippen molar-refractivity contribution in [2.24, 2.45) is 12.8 Å². The monoisotopic (exact) mass is 193 g/mol. The zero-order valence-corrected chi connectivity index (χ0v) is 9.08. The van der Waals surface area contributed by atoms with Gasteiger partial charge < -0.3 is 5.73 Å². The van der Waals surface area contributed by atoms with Crippen molar-refractivity contribution in [3.63, 3.8) is 0 Å². The molecule has 2 N–H and O–H groups in total. The van der Waals surface area contributed by atoms with Crippen LogP contribution in [0.3, 0.4) is 0 Å². The highest BCUT2D eigenvalue weighted by molar-refractivity contribution is 5.13. The van der Waals surface area contributed by atoms with E-state index >= 15 is 0 Å². The van der Waals surface area contributed by atoms with Gasteiger partial charge in [-0.05, 0) is 25.8 Å². The van der Waals surface area contributed by atoms with Crippen LogP contribution in [0.4, 0.5) is 0 Å². The Kier molecular flexibility index (Phi) is 2.35. The van der Waals surface area contributed by atoms with Gasteiger partial charge in [-0.3, -0.25) is 4.68 Å². The maximum absolute atomic E-state index is 6.33. The van der Waals surface area contributed by atoms with Gasteiger partial charge in [0.15, 0.2) is 0 Å². The fourth-order valence-corrected chi connectivity index (χ4v) is 2.45. The summed E-state index contributed by atoms with van der Waals surface area (Å²) < 4.78 is 1.96. The number of nitrogens with two attached hydrogens (primary N) is 1. The largest absolute Gasteiger partial charge is 0.325 e. The highest BCUT2D eigenvalue weighted by Gasteiger charge is 2.30. The normalized spacial score (nSPS) is 20.2. The number of aryl methyl sites for hydroxylation is 2. The fraction of sp³-hybridized carbons (Fsp3) is 0.727. The summed E-state index contributed by atoms with van der Waals surface area (Å²) >= 11 is 0. The lowest BCUT2D eigenvalue weighted by Gasteiger charge is -2.23. The van der Waals surface area contributed by atoms with Crippen molar-refractivity contribution in [3.8, 4) is 0 Å². The molecule has 0 atom stereocenters. The Balaban J connectivity index is 2.13. The molecule has 14 heavy (non-hydrogen) atoms. The second kappa shape index (κ2) is 3.39. The van der Waals surface area contributed by atoms with Gasteiger partial charge in [0.1, 0.15) is 0 Å². The van der Waals surface area contributed by atoms with Crippen LogP contribution in [0.15, 0.2) is 6.07 Å². The molecule has 0 spiro atoms. The van der Waals surface area contributed by atoms with Crippen LogP contribution in [0.1, 0.15) is 37.1 Å². The predicted molar refractivity (Wildman–Crippen MR) is 57.0 cm³/mol. The van der Waals surface area contributed by atoms with Crippen molar-refractivity contribution in [2.45, 2.75) is 44.6 Å². The average Bonchev–Trinajstić information content (AvgIpc) is 2.61. The zero-order chi connectivity index (χ0) is 10.2. The first-order valence-corrected chi connectivity index (χ1v) is 5.37. The van der Waals surface area contributed by atoms with Crippen LogP contribution in [-0.2, 0) is 13.5 Å². The van der Waals surface area contributed by atoms with E-state index < -0.39 is 0 Å². The minimum Gasteiger partial charge on any atom is -0.325 e. The molecule has 0 radical (unpaired) electrons. The quantitative estimate of drug-likeness (QED) is 0.774. The second-order valence-electron chi connectivity index (χ2n) is 4.65. The average molecular weight is 193 g/mol. The molecular formula is C11H19N3. The molecule has 0 unspecified atom stereocenters. The third-order valence-electron chi connectivity index (χ3n) is 3.23. The molecular weight excluding hydrogens is 174 g/mol. The summed E-state index contributed by atoms with van der Waals surface area (Å²) in [5.41, 5.74) is 8.73. The Morgan fingerprint density at radius 1 is 1.50 bits per heavy atom. The Morgan fingerprint density at radius 2 is 2.14 bits per heavy atom. The van der Waals surface area contributed by atoms with Crippen molar-refractivity contribution >= 4 is 0 Å². The molecule has 0 aliphatic heterocycles. The molecule has 1 heterocycles. The summed E-state index contributed by atoms with van der Waals surface area (Å²) in [5, 5.41) is 4.35. The van der Waals surface area contributed by atoms with Gasteiger partial charge in [-0.25, -0.2) is 0 Å². The van der Waals surface area contributed by atoms with Gasteiger partial charge in [0.05, 0.1) is 5.69 Å². The maximum atomic E-state index is 6.33. The Hall–Kier alpha value is -0.830. The van der Waals surface area contributed by atoms with E-state index in [4.69, 9.17) is 5.73 Å². The SMILES string of the molecule is Cc1cc(CC2(N)CCCC2)n(C)n1. The van der Waals surface area contributed by atoms with E-state index in [0.29, 0.717) is 0 Å². The van der Waals surface area contributed by atoms with Gasteiger partial charge >= 0.3 is 0 Å². The van der Waals surface area contributed by atoms with Crippen LogP contribution < -0.4 is 5.73 Å². The number of nitrogens with zero attached hydrogens (tertiary/aromatic N) is 2. The van der Waals surface area contributed by atoms with E-state index in [9.17, 15) is 0 Å². The Bertz CT molecular complexity index is 321. The molecule has 1 aliphatic carbocycles. The molecule has 0 bridgehead atoms. The minimum absolute atomic E-state index is 0.0419. The van der Waals surface area contributed by atoms with Gasteiger partial charge in [0.25, 0.3) is 0 Å². The maximum Gasteiger partial charge on any atom is 0.0596 e. The van der Waals surface area contributed by atoms with Crippen molar-refractivity contribution in [2.75, 3.05) is 0 Å². The summed E-state index contributed by atoms with van der Waals surface area (Å²) in [7, 11) is 2.00. The lowest BCUT2D eigenvalue weighted by molar-refractivity contribution is 0.423. The second-order valence-corrected chi connectivity index (χ2v) is 4.65.